The third kappa shape index (κ3) is 3.49. The van der Waals surface area contributed by atoms with Gasteiger partial charge in [-0.3, -0.25) is 10.1 Å². The maximum atomic E-state index is 12.0. The fourth-order valence-electron chi connectivity index (χ4n) is 1.83. The molecule has 1 aromatic heterocycles. The Balaban J connectivity index is 2.10. The van der Waals surface area contributed by atoms with Gasteiger partial charge in [-0.05, 0) is 36.8 Å². The van der Waals surface area contributed by atoms with Gasteiger partial charge in [0.2, 0.25) is 0 Å². The summed E-state index contributed by atoms with van der Waals surface area (Å²) in [5.74, 6) is -0.327. The Morgan fingerprint density at radius 2 is 2.09 bits per heavy atom. The summed E-state index contributed by atoms with van der Waals surface area (Å²) in [6.07, 6.45) is 0. The fourth-order valence-corrected chi connectivity index (χ4v) is 3.11. The van der Waals surface area contributed by atoms with Crippen molar-refractivity contribution in [3.63, 3.8) is 0 Å². The first-order chi connectivity index (χ1) is 10.6. The number of thiophene rings is 1. The first-order valence-corrected chi connectivity index (χ1v) is 7.60. The van der Waals surface area contributed by atoms with E-state index in [1.807, 2.05) is 6.07 Å². The second-order valence-corrected chi connectivity index (χ2v) is 5.91. The summed E-state index contributed by atoms with van der Waals surface area (Å²) in [7, 11) is 0. The lowest BCUT2D eigenvalue weighted by molar-refractivity contribution is 0.0977. The minimum absolute atomic E-state index is 0.107. The molecule has 1 aromatic carbocycles. The number of aliphatic hydroxyl groups is 1. The molecule has 0 radical (unpaired) electrons. The van der Waals surface area contributed by atoms with Crippen molar-refractivity contribution in [3.8, 4) is 6.07 Å². The highest BCUT2D eigenvalue weighted by Gasteiger charge is 2.16. The third-order valence-electron chi connectivity index (χ3n) is 2.99. The van der Waals surface area contributed by atoms with Crippen molar-refractivity contribution in [2.75, 3.05) is 5.32 Å². The normalized spacial score (nSPS) is 9.86. The summed E-state index contributed by atoms with van der Waals surface area (Å²) < 4.78 is 0. The van der Waals surface area contributed by atoms with Gasteiger partial charge in [0.15, 0.2) is 5.11 Å². The topological polar surface area (TPSA) is 85.2 Å². The molecule has 1 amide bonds. The van der Waals surface area contributed by atoms with E-state index < -0.39 is 0 Å². The second-order valence-electron chi connectivity index (χ2n) is 4.40. The lowest BCUT2D eigenvalue weighted by Gasteiger charge is -2.08. The number of thiocarbonyl (C=S) groups is 1. The van der Waals surface area contributed by atoms with Crippen molar-refractivity contribution in [1.29, 1.82) is 5.26 Å². The standard InChI is InChI=1S/C15H13N3O2S2/c1-9-11(7-16)14(22-12(9)8-19)18-15(21)17-13(20)10-5-3-2-4-6-10/h2-6,19H,8H2,1H3,(H2,17,18,20,21). The number of rotatable bonds is 3. The predicted octanol–water partition coefficient (Wildman–Crippen LogP) is 2.55. The van der Waals surface area contributed by atoms with Gasteiger partial charge >= 0.3 is 0 Å². The van der Waals surface area contributed by atoms with E-state index in [4.69, 9.17) is 12.2 Å². The van der Waals surface area contributed by atoms with Crippen LogP contribution in [0.4, 0.5) is 5.00 Å². The lowest BCUT2D eigenvalue weighted by Crippen LogP contribution is -2.34. The minimum atomic E-state index is -0.327. The first-order valence-electron chi connectivity index (χ1n) is 6.37. The van der Waals surface area contributed by atoms with Gasteiger partial charge in [0.25, 0.3) is 5.91 Å². The van der Waals surface area contributed by atoms with Crippen LogP contribution in [0.3, 0.4) is 0 Å². The number of hydrogen-bond acceptors (Lipinski definition) is 5. The molecule has 0 saturated carbocycles. The largest absolute Gasteiger partial charge is 0.391 e. The molecule has 2 aromatic rings. The minimum Gasteiger partial charge on any atom is -0.391 e. The van der Waals surface area contributed by atoms with Crippen LogP contribution in [0.15, 0.2) is 30.3 Å². The number of nitriles is 1. The molecule has 0 bridgehead atoms. The summed E-state index contributed by atoms with van der Waals surface area (Å²) in [6.45, 7) is 1.62. The van der Waals surface area contributed by atoms with Crippen LogP contribution in [0.25, 0.3) is 0 Å². The number of benzene rings is 1. The molecule has 0 aliphatic heterocycles. The Bertz CT molecular complexity index is 748. The van der Waals surface area contributed by atoms with Crippen molar-refractivity contribution in [1.82, 2.24) is 5.32 Å². The number of carbonyl (C=O) groups is 1. The maximum absolute atomic E-state index is 12.0. The van der Waals surface area contributed by atoms with Crippen LogP contribution < -0.4 is 10.6 Å². The molecule has 0 unspecified atom stereocenters. The second kappa shape index (κ2) is 7.13. The summed E-state index contributed by atoms with van der Waals surface area (Å²) >= 11 is 6.34. The molecular formula is C15H13N3O2S2. The van der Waals surface area contributed by atoms with Crippen molar-refractivity contribution >= 4 is 39.6 Å². The van der Waals surface area contributed by atoms with Gasteiger partial charge < -0.3 is 10.4 Å². The van der Waals surface area contributed by atoms with Crippen molar-refractivity contribution in [2.45, 2.75) is 13.5 Å². The van der Waals surface area contributed by atoms with E-state index in [1.165, 1.54) is 11.3 Å². The predicted molar refractivity (Wildman–Crippen MR) is 89.8 cm³/mol. The molecule has 2 rings (SSSR count). The molecule has 1 heterocycles. The van der Waals surface area contributed by atoms with E-state index in [-0.39, 0.29) is 17.6 Å². The van der Waals surface area contributed by atoms with Crippen LogP contribution in [-0.2, 0) is 6.61 Å². The van der Waals surface area contributed by atoms with Crippen LogP contribution in [0.1, 0.15) is 26.4 Å². The van der Waals surface area contributed by atoms with E-state index in [9.17, 15) is 15.2 Å². The molecule has 0 spiro atoms. The van der Waals surface area contributed by atoms with Crippen LogP contribution in [0.5, 0.6) is 0 Å². The Labute approximate surface area is 137 Å². The highest BCUT2D eigenvalue weighted by Crippen LogP contribution is 2.32. The van der Waals surface area contributed by atoms with E-state index in [2.05, 4.69) is 16.7 Å². The molecule has 22 heavy (non-hydrogen) atoms. The van der Waals surface area contributed by atoms with Crippen molar-refractivity contribution < 1.29 is 9.90 Å². The zero-order chi connectivity index (χ0) is 16.1. The lowest BCUT2D eigenvalue weighted by atomic mass is 10.2. The molecule has 0 fully saturated rings. The first kappa shape index (κ1) is 16.1. The average Bonchev–Trinajstić information content (AvgIpc) is 2.82. The summed E-state index contributed by atoms with van der Waals surface area (Å²) in [6, 6.07) is 10.8. The molecule has 5 nitrogen and oxygen atoms in total. The monoisotopic (exact) mass is 331 g/mol. The van der Waals surface area contributed by atoms with E-state index >= 15 is 0 Å². The SMILES string of the molecule is Cc1c(CO)sc(NC(=S)NC(=O)c2ccccc2)c1C#N. The Kier molecular flexibility index (Phi) is 5.22. The van der Waals surface area contributed by atoms with Gasteiger partial charge in [-0.25, -0.2) is 0 Å². The van der Waals surface area contributed by atoms with Crippen LogP contribution in [0.2, 0.25) is 0 Å². The quantitative estimate of drug-likeness (QED) is 0.753. The van der Waals surface area contributed by atoms with Crippen LogP contribution >= 0.6 is 23.6 Å². The molecule has 112 valence electrons. The molecule has 7 heteroatoms. The molecular weight excluding hydrogens is 318 g/mol. The zero-order valence-corrected chi connectivity index (χ0v) is 13.3. The number of aliphatic hydroxyl groups excluding tert-OH is 1. The third-order valence-corrected chi connectivity index (χ3v) is 4.39. The molecule has 0 aliphatic rings. The van der Waals surface area contributed by atoms with E-state index in [0.29, 0.717) is 21.0 Å². The molecule has 0 aliphatic carbocycles. The van der Waals surface area contributed by atoms with Gasteiger partial charge in [0.05, 0.1) is 12.2 Å². The number of anilines is 1. The zero-order valence-electron chi connectivity index (χ0n) is 11.7. The maximum Gasteiger partial charge on any atom is 0.257 e. The molecule has 3 N–H and O–H groups in total. The van der Waals surface area contributed by atoms with E-state index in [0.717, 1.165) is 5.56 Å². The van der Waals surface area contributed by atoms with E-state index in [1.54, 1.807) is 31.2 Å². The van der Waals surface area contributed by atoms with Gasteiger partial charge in [-0.1, -0.05) is 18.2 Å². The molecule has 0 saturated heterocycles. The smallest absolute Gasteiger partial charge is 0.257 e. The van der Waals surface area contributed by atoms with Crippen LogP contribution in [-0.4, -0.2) is 16.1 Å². The number of nitrogens with zero attached hydrogens (tertiary/aromatic N) is 1. The number of amides is 1. The Morgan fingerprint density at radius 3 is 2.68 bits per heavy atom. The van der Waals surface area contributed by atoms with Gasteiger partial charge in [0, 0.05) is 10.4 Å². The fraction of sp³-hybridized carbons (Fsp3) is 0.133. The highest BCUT2D eigenvalue weighted by molar-refractivity contribution is 7.80. The molecule has 0 atom stereocenters. The average molecular weight is 331 g/mol. The Hall–Kier alpha value is -2.27. The van der Waals surface area contributed by atoms with Gasteiger partial charge in [-0.2, -0.15) is 5.26 Å². The van der Waals surface area contributed by atoms with Crippen molar-refractivity contribution in [3.05, 3.63) is 51.9 Å². The van der Waals surface area contributed by atoms with Gasteiger partial charge in [0.1, 0.15) is 11.1 Å². The number of hydrogen-bond donors (Lipinski definition) is 3. The van der Waals surface area contributed by atoms with Gasteiger partial charge in [-0.15, -0.1) is 11.3 Å². The summed E-state index contributed by atoms with van der Waals surface area (Å²) in [4.78, 5) is 12.7. The van der Waals surface area contributed by atoms with Crippen molar-refractivity contribution in [2.24, 2.45) is 0 Å². The van der Waals surface area contributed by atoms with Crippen LogP contribution in [0, 0.1) is 18.3 Å². The number of nitrogens with one attached hydrogen (secondary N) is 2. The summed E-state index contributed by atoms with van der Waals surface area (Å²) in [5, 5.41) is 24.5. The Morgan fingerprint density at radius 1 is 1.41 bits per heavy atom. The highest BCUT2D eigenvalue weighted by atomic mass is 32.1. The number of carbonyl (C=O) groups excluding carboxylic acids is 1. The summed E-state index contributed by atoms with van der Waals surface area (Å²) in [5.41, 5.74) is 1.63.